The second-order valence-corrected chi connectivity index (χ2v) is 4.08. The first-order valence-electron chi connectivity index (χ1n) is 4.20. The fourth-order valence-corrected chi connectivity index (χ4v) is 0.764. The molecule has 2 N–H and O–H groups in total. The summed E-state index contributed by atoms with van der Waals surface area (Å²) in [6, 6.07) is 0. The molecule has 0 aliphatic heterocycles. The largest absolute Gasteiger partial charge is 0.336 e. The Morgan fingerprint density at radius 2 is 1.93 bits per heavy atom. The normalized spacial score (nSPS) is 13.3. The minimum absolute atomic E-state index is 0.251. The molecule has 0 spiro atoms. The van der Waals surface area contributed by atoms with Crippen LogP contribution in [0.3, 0.4) is 0 Å². The van der Waals surface area contributed by atoms with Crippen LogP contribution in [0.5, 0.6) is 0 Å². The molecule has 14 heavy (non-hydrogen) atoms. The van der Waals surface area contributed by atoms with Gasteiger partial charge < -0.3 is 10.3 Å². The lowest BCUT2D eigenvalue weighted by atomic mass is 9.96. The topological polar surface area (TPSA) is 64.9 Å². The van der Waals surface area contributed by atoms with Gasteiger partial charge in [0.25, 0.3) is 5.89 Å². The number of halogens is 2. The van der Waals surface area contributed by atoms with Crippen LogP contribution in [0.25, 0.3) is 0 Å². The summed E-state index contributed by atoms with van der Waals surface area (Å²) in [5.74, 6) is -3.71. The van der Waals surface area contributed by atoms with Crippen molar-refractivity contribution >= 4 is 0 Å². The van der Waals surface area contributed by atoms with E-state index in [1.165, 1.54) is 0 Å². The number of aromatic nitrogens is 2. The first kappa shape index (κ1) is 11.0. The summed E-state index contributed by atoms with van der Waals surface area (Å²) in [5, 5.41) is 3.48. The summed E-state index contributed by atoms with van der Waals surface area (Å²) in [6.07, 6.45) is 0. The lowest BCUT2D eigenvalue weighted by molar-refractivity contribution is -0.0260. The fraction of sp³-hybridized carbons (Fsp3) is 0.750. The summed E-state index contributed by atoms with van der Waals surface area (Å²) in [5.41, 5.74) is 4.47. The molecule has 1 heterocycles. The molecule has 6 heteroatoms. The molecule has 80 valence electrons. The lowest BCUT2D eigenvalue weighted by Gasteiger charge is -2.11. The second kappa shape index (κ2) is 3.27. The zero-order valence-electron chi connectivity index (χ0n) is 8.34. The molecule has 0 radical (unpaired) electrons. The second-order valence-electron chi connectivity index (χ2n) is 4.08. The van der Waals surface area contributed by atoms with Gasteiger partial charge in [-0.2, -0.15) is 13.8 Å². The molecule has 0 atom stereocenters. The minimum Gasteiger partial charge on any atom is -0.333 e. The molecule has 0 amide bonds. The van der Waals surface area contributed by atoms with E-state index >= 15 is 0 Å². The highest BCUT2D eigenvalue weighted by Gasteiger charge is 2.38. The van der Waals surface area contributed by atoms with Crippen molar-refractivity contribution in [1.82, 2.24) is 10.1 Å². The summed E-state index contributed by atoms with van der Waals surface area (Å²) >= 11 is 0. The maximum absolute atomic E-state index is 13.0. The molecule has 1 rings (SSSR count). The molecular formula is C8H13F2N3O. The van der Waals surface area contributed by atoms with Crippen LogP contribution in [0.1, 0.15) is 32.5 Å². The van der Waals surface area contributed by atoms with Gasteiger partial charge in [-0.1, -0.05) is 25.9 Å². The van der Waals surface area contributed by atoms with Crippen molar-refractivity contribution in [2.75, 3.05) is 6.54 Å². The predicted octanol–water partition coefficient (Wildman–Crippen LogP) is 1.42. The molecule has 0 aromatic carbocycles. The maximum atomic E-state index is 13.0. The molecule has 0 bridgehead atoms. The van der Waals surface area contributed by atoms with Crippen LogP contribution in [0.2, 0.25) is 0 Å². The Balaban J connectivity index is 3.00. The number of nitrogens with two attached hydrogens (primary N) is 1. The van der Waals surface area contributed by atoms with E-state index in [4.69, 9.17) is 5.73 Å². The van der Waals surface area contributed by atoms with Gasteiger partial charge in [-0.05, 0) is 0 Å². The molecule has 4 nitrogen and oxygen atoms in total. The zero-order chi connectivity index (χ0) is 11.0. The molecule has 0 unspecified atom stereocenters. The standard InChI is InChI=1S/C8H13F2N3O/c1-7(2,3)5-12-6(14-13-5)8(9,10)4-11/h4,11H2,1-3H3. The van der Waals surface area contributed by atoms with Gasteiger partial charge in [-0.15, -0.1) is 0 Å². The van der Waals surface area contributed by atoms with E-state index < -0.39 is 23.8 Å². The molecule has 0 fully saturated rings. The number of hydrogen-bond acceptors (Lipinski definition) is 4. The molecule has 1 aromatic rings. The molecule has 0 aliphatic rings. The fourth-order valence-electron chi connectivity index (χ4n) is 0.764. The highest BCUT2D eigenvalue weighted by atomic mass is 19.3. The molecule has 0 saturated carbocycles. The Labute approximate surface area is 80.5 Å². The minimum atomic E-state index is -3.24. The van der Waals surface area contributed by atoms with Crippen LogP contribution >= 0.6 is 0 Å². The van der Waals surface area contributed by atoms with Crippen LogP contribution in [0.4, 0.5) is 8.78 Å². The van der Waals surface area contributed by atoms with Crippen molar-refractivity contribution < 1.29 is 13.3 Å². The highest BCUT2D eigenvalue weighted by Crippen LogP contribution is 2.27. The number of rotatable bonds is 2. The Kier molecular flexibility index (Phi) is 2.58. The van der Waals surface area contributed by atoms with Crippen LogP contribution in [-0.4, -0.2) is 16.7 Å². The maximum Gasteiger partial charge on any atom is 0.336 e. The van der Waals surface area contributed by atoms with E-state index in [0.717, 1.165) is 0 Å². The van der Waals surface area contributed by atoms with Gasteiger partial charge in [-0.25, -0.2) is 0 Å². The van der Waals surface area contributed by atoms with Gasteiger partial charge >= 0.3 is 5.92 Å². The van der Waals surface area contributed by atoms with Crippen LogP contribution in [0, 0.1) is 0 Å². The quantitative estimate of drug-likeness (QED) is 0.792. The molecule has 0 aliphatic carbocycles. The zero-order valence-corrected chi connectivity index (χ0v) is 8.34. The Hall–Kier alpha value is -1.04. The van der Waals surface area contributed by atoms with Gasteiger partial charge in [0.05, 0.1) is 6.54 Å². The van der Waals surface area contributed by atoms with Crippen LogP contribution < -0.4 is 5.73 Å². The molecule has 1 aromatic heterocycles. The number of hydrogen-bond donors (Lipinski definition) is 1. The van der Waals surface area contributed by atoms with E-state index in [1.54, 1.807) is 0 Å². The summed E-state index contributed by atoms with van der Waals surface area (Å²) < 4.78 is 30.4. The van der Waals surface area contributed by atoms with Crippen LogP contribution in [0.15, 0.2) is 4.52 Å². The third-order valence-electron chi connectivity index (χ3n) is 1.67. The third kappa shape index (κ3) is 2.06. The first-order chi connectivity index (χ1) is 6.27. The van der Waals surface area contributed by atoms with Crippen molar-refractivity contribution in [1.29, 1.82) is 0 Å². The molecular weight excluding hydrogens is 192 g/mol. The van der Waals surface area contributed by atoms with Crippen molar-refractivity contribution in [3.8, 4) is 0 Å². The SMILES string of the molecule is CC(C)(C)c1noc(C(F)(F)CN)n1. The average Bonchev–Trinajstić information content (AvgIpc) is 2.51. The Morgan fingerprint density at radius 3 is 2.29 bits per heavy atom. The number of nitrogens with zero attached hydrogens (tertiary/aromatic N) is 2. The Bertz CT molecular complexity index is 317. The van der Waals surface area contributed by atoms with Gasteiger partial charge in [-0.3, -0.25) is 0 Å². The highest BCUT2D eigenvalue weighted by molar-refractivity contribution is 5.02. The average molecular weight is 205 g/mol. The van der Waals surface area contributed by atoms with Crippen molar-refractivity contribution in [3.05, 3.63) is 11.7 Å². The van der Waals surface area contributed by atoms with E-state index in [-0.39, 0.29) is 5.82 Å². The van der Waals surface area contributed by atoms with Gasteiger partial charge in [0, 0.05) is 5.41 Å². The van der Waals surface area contributed by atoms with Gasteiger partial charge in [0.2, 0.25) is 0 Å². The van der Waals surface area contributed by atoms with Crippen molar-refractivity contribution in [3.63, 3.8) is 0 Å². The summed E-state index contributed by atoms with van der Waals surface area (Å²) in [6.45, 7) is 4.59. The molecule has 0 saturated heterocycles. The lowest BCUT2D eigenvalue weighted by Crippen LogP contribution is -2.25. The number of alkyl halides is 2. The Morgan fingerprint density at radius 1 is 1.36 bits per heavy atom. The third-order valence-corrected chi connectivity index (χ3v) is 1.67. The van der Waals surface area contributed by atoms with Crippen molar-refractivity contribution in [2.45, 2.75) is 32.1 Å². The summed E-state index contributed by atoms with van der Waals surface area (Å²) in [4.78, 5) is 3.62. The van der Waals surface area contributed by atoms with E-state index in [0.29, 0.717) is 0 Å². The first-order valence-corrected chi connectivity index (χ1v) is 4.20. The summed E-state index contributed by atoms with van der Waals surface area (Å²) in [7, 11) is 0. The predicted molar refractivity (Wildman–Crippen MR) is 45.9 cm³/mol. The van der Waals surface area contributed by atoms with Gasteiger partial charge in [0.15, 0.2) is 5.82 Å². The smallest absolute Gasteiger partial charge is 0.333 e. The van der Waals surface area contributed by atoms with Crippen LogP contribution in [-0.2, 0) is 11.3 Å². The van der Waals surface area contributed by atoms with E-state index in [9.17, 15) is 8.78 Å². The van der Waals surface area contributed by atoms with E-state index in [1.807, 2.05) is 20.8 Å². The van der Waals surface area contributed by atoms with Gasteiger partial charge in [0.1, 0.15) is 0 Å². The van der Waals surface area contributed by atoms with E-state index in [2.05, 4.69) is 14.7 Å². The van der Waals surface area contributed by atoms with Crippen molar-refractivity contribution in [2.24, 2.45) is 5.73 Å². The monoisotopic (exact) mass is 205 g/mol.